The summed E-state index contributed by atoms with van der Waals surface area (Å²) in [5.74, 6) is 0. The van der Waals surface area contributed by atoms with Crippen molar-refractivity contribution in [3.63, 3.8) is 0 Å². The first-order valence-corrected chi connectivity index (χ1v) is 6.73. The summed E-state index contributed by atoms with van der Waals surface area (Å²) in [6.07, 6.45) is 0.727. The van der Waals surface area contributed by atoms with E-state index in [2.05, 4.69) is 25.7 Å². The monoisotopic (exact) mass is 215 g/mol. The lowest BCUT2D eigenvalue weighted by molar-refractivity contribution is -0.0583. The Labute approximate surface area is 90.5 Å². The van der Waals surface area contributed by atoms with Gasteiger partial charge < -0.3 is 11.4 Å². The first-order valence-electron chi connectivity index (χ1n) is 5.32. The maximum absolute atomic E-state index is 5.76. The minimum atomic E-state index is -1.86. The molecule has 3 aliphatic heterocycles. The van der Waals surface area contributed by atoms with Crippen molar-refractivity contribution >= 4 is 15.1 Å². The van der Waals surface area contributed by atoms with Crippen molar-refractivity contribution in [2.45, 2.75) is 39.1 Å². The van der Waals surface area contributed by atoms with Crippen LogP contribution in [-0.2, 0) is 11.4 Å². The minimum absolute atomic E-state index is 0.242. The Morgan fingerprint density at radius 1 is 0.857 bits per heavy atom. The summed E-state index contributed by atoms with van der Waals surface area (Å²) >= 11 is -1.86. The highest BCUT2D eigenvalue weighted by molar-refractivity contribution is 6.36. The summed E-state index contributed by atoms with van der Waals surface area (Å²) in [7, 11) is 0. The van der Waals surface area contributed by atoms with Gasteiger partial charge in [-0.25, -0.2) is 0 Å². The molecule has 0 aromatic carbocycles. The SMILES string of the molecule is CC1CN2CC(C)[O][Al]([O]1)[O]C(C)C2. The predicted molar refractivity (Wildman–Crippen MR) is 53.8 cm³/mol. The molecule has 0 saturated carbocycles. The van der Waals surface area contributed by atoms with Gasteiger partial charge in [0.15, 0.2) is 0 Å². The molecule has 80 valence electrons. The lowest BCUT2D eigenvalue weighted by atomic mass is 10.2. The van der Waals surface area contributed by atoms with Crippen LogP contribution < -0.4 is 0 Å². The second-order valence-electron chi connectivity index (χ2n) is 4.35. The molecule has 3 unspecified atom stereocenters. The third-order valence-corrected chi connectivity index (χ3v) is 4.64. The lowest BCUT2D eigenvalue weighted by Gasteiger charge is -2.39. The van der Waals surface area contributed by atoms with Crippen LogP contribution in [0.1, 0.15) is 20.8 Å². The van der Waals surface area contributed by atoms with Crippen LogP contribution in [0.25, 0.3) is 0 Å². The summed E-state index contributed by atoms with van der Waals surface area (Å²) < 4.78 is 17.3. The van der Waals surface area contributed by atoms with Crippen LogP contribution in [0, 0.1) is 0 Å². The second kappa shape index (κ2) is 4.48. The van der Waals surface area contributed by atoms with E-state index in [1.165, 1.54) is 0 Å². The molecule has 0 radical (unpaired) electrons. The summed E-state index contributed by atoms with van der Waals surface area (Å²) in [5, 5.41) is 0. The van der Waals surface area contributed by atoms with Gasteiger partial charge in [-0.1, -0.05) is 0 Å². The summed E-state index contributed by atoms with van der Waals surface area (Å²) in [4.78, 5) is 2.36. The summed E-state index contributed by atoms with van der Waals surface area (Å²) in [6.45, 7) is 9.28. The maximum atomic E-state index is 5.76. The van der Waals surface area contributed by atoms with Gasteiger partial charge in [-0.3, -0.25) is 4.90 Å². The number of fused-ring (bicyclic) bond motifs is 6. The van der Waals surface area contributed by atoms with Crippen LogP contribution in [0.2, 0.25) is 0 Å². The van der Waals surface area contributed by atoms with Gasteiger partial charge in [0.05, 0.1) is 0 Å². The molecule has 14 heavy (non-hydrogen) atoms. The molecule has 0 aliphatic carbocycles. The van der Waals surface area contributed by atoms with Crippen molar-refractivity contribution in [1.29, 1.82) is 0 Å². The fraction of sp³-hybridized carbons (Fsp3) is 1.00. The van der Waals surface area contributed by atoms with Crippen LogP contribution in [0.4, 0.5) is 0 Å². The van der Waals surface area contributed by atoms with E-state index in [0.29, 0.717) is 0 Å². The number of hydrogen-bond donors (Lipinski definition) is 0. The molecule has 3 heterocycles. The summed E-state index contributed by atoms with van der Waals surface area (Å²) in [6, 6.07) is 0. The van der Waals surface area contributed by atoms with Crippen molar-refractivity contribution in [2.24, 2.45) is 0 Å². The maximum Gasteiger partial charge on any atom is 0.906 e. The summed E-state index contributed by atoms with van der Waals surface area (Å²) in [5.41, 5.74) is 0. The van der Waals surface area contributed by atoms with Gasteiger partial charge in [0.2, 0.25) is 0 Å². The van der Waals surface area contributed by atoms with Gasteiger partial charge in [-0.15, -0.1) is 0 Å². The Bertz CT molecular complexity index is 153. The molecule has 0 amide bonds. The molecule has 0 N–H and O–H groups in total. The van der Waals surface area contributed by atoms with Gasteiger partial charge in [0.1, 0.15) is 0 Å². The largest absolute Gasteiger partial charge is 0.906 e. The van der Waals surface area contributed by atoms with E-state index in [-0.39, 0.29) is 18.3 Å². The molecule has 0 spiro atoms. The standard InChI is InChI=1S/C9H18NO3.Al/c1-7(11)4-10(5-8(2)12)6-9(3)13;/h7-9H,4-6H2,1-3H3;/q-3;+3. The normalized spacial score (nSPS) is 44.4. The molecule has 0 aromatic heterocycles. The zero-order valence-corrected chi connectivity index (χ0v) is 10.3. The predicted octanol–water partition coefficient (Wildman–Crippen LogP) is 0.516. The molecule has 3 rings (SSSR count). The Morgan fingerprint density at radius 2 is 1.21 bits per heavy atom. The highest BCUT2D eigenvalue weighted by Gasteiger charge is 2.41. The Morgan fingerprint density at radius 3 is 1.57 bits per heavy atom. The Kier molecular flexibility index (Phi) is 3.48. The van der Waals surface area contributed by atoms with Crippen LogP contribution in [-0.4, -0.2) is 58.0 Å². The molecular formula is C9H18AlNO3. The number of nitrogens with zero attached hydrogens (tertiary/aromatic N) is 1. The first-order chi connectivity index (χ1) is 6.63. The third kappa shape index (κ3) is 2.69. The zero-order chi connectivity index (χ0) is 10.1. The smallest absolute Gasteiger partial charge is 0.451 e. The van der Waals surface area contributed by atoms with Crippen molar-refractivity contribution in [3.8, 4) is 0 Å². The van der Waals surface area contributed by atoms with Gasteiger partial charge in [0, 0.05) is 37.9 Å². The van der Waals surface area contributed by atoms with E-state index in [1.807, 2.05) is 0 Å². The van der Waals surface area contributed by atoms with Crippen molar-refractivity contribution in [2.75, 3.05) is 19.6 Å². The Balaban J connectivity index is 2.10. The zero-order valence-electron chi connectivity index (χ0n) is 9.10. The average molecular weight is 215 g/mol. The van der Waals surface area contributed by atoms with Crippen LogP contribution >= 0.6 is 0 Å². The highest BCUT2D eigenvalue weighted by Crippen LogP contribution is 2.16. The van der Waals surface area contributed by atoms with Crippen molar-refractivity contribution < 1.29 is 11.4 Å². The topological polar surface area (TPSA) is 30.9 Å². The molecule has 0 aromatic rings. The molecule has 3 atom stereocenters. The van der Waals surface area contributed by atoms with Gasteiger partial charge in [0.25, 0.3) is 0 Å². The fourth-order valence-corrected chi connectivity index (χ4v) is 3.70. The first kappa shape index (κ1) is 10.9. The van der Waals surface area contributed by atoms with E-state index in [4.69, 9.17) is 11.4 Å². The number of rotatable bonds is 0. The third-order valence-electron chi connectivity index (χ3n) is 2.58. The average Bonchev–Trinajstić information content (AvgIpc) is 1.96. The van der Waals surface area contributed by atoms with E-state index in [0.717, 1.165) is 19.6 Å². The molecular weight excluding hydrogens is 197 g/mol. The highest BCUT2D eigenvalue weighted by atomic mass is 27.3. The van der Waals surface area contributed by atoms with Crippen LogP contribution in [0.3, 0.4) is 0 Å². The van der Waals surface area contributed by atoms with Gasteiger partial charge >= 0.3 is 15.1 Å². The Hall–Kier alpha value is 0.372. The minimum Gasteiger partial charge on any atom is -0.451 e. The van der Waals surface area contributed by atoms with E-state index < -0.39 is 15.1 Å². The van der Waals surface area contributed by atoms with E-state index >= 15 is 0 Å². The van der Waals surface area contributed by atoms with Crippen LogP contribution in [0.15, 0.2) is 0 Å². The number of hydrogen-bond acceptors (Lipinski definition) is 4. The molecule has 3 fully saturated rings. The molecule has 4 nitrogen and oxygen atoms in total. The van der Waals surface area contributed by atoms with Gasteiger partial charge in [-0.05, 0) is 20.8 Å². The quantitative estimate of drug-likeness (QED) is 0.551. The van der Waals surface area contributed by atoms with Crippen molar-refractivity contribution in [1.82, 2.24) is 4.90 Å². The fourth-order valence-electron chi connectivity index (χ4n) is 2.11. The van der Waals surface area contributed by atoms with Crippen molar-refractivity contribution in [3.05, 3.63) is 0 Å². The lowest BCUT2D eigenvalue weighted by Crippen LogP contribution is -2.53. The molecule has 2 bridgehead atoms. The van der Waals surface area contributed by atoms with E-state index in [1.54, 1.807) is 0 Å². The van der Waals surface area contributed by atoms with Gasteiger partial charge in [-0.2, -0.15) is 0 Å². The molecule has 3 aliphatic rings. The van der Waals surface area contributed by atoms with E-state index in [9.17, 15) is 0 Å². The molecule has 3 saturated heterocycles. The second-order valence-corrected chi connectivity index (χ2v) is 5.74. The molecule has 5 heteroatoms. The van der Waals surface area contributed by atoms with Crippen LogP contribution in [0.5, 0.6) is 0 Å².